The average molecular weight is 244 g/mol. The Morgan fingerprint density at radius 3 is 2.89 bits per heavy atom. The molecule has 2 aromatic heterocycles. The van der Waals surface area contributed by atoms with E-state index in [1.807, 2.05) is 43.3 Å². The third-order valence-corrected chi connectivity index (χ3v) is 2.51. The molecule has 0 saturated carbocycles. The van der Waals surface area contributed by atoms with E-state index in [1.54, 1.807) is 6.20 Å². The van der Waals surface area contributed by atoms with E-state index < -0.39 is 0 Å². The van der Waals surface area contributed by atoms with Crippen molar-refractivity contribution in [3.8, 4) is 0 Å². The van der Waals surface area contributed by atoms with E-state index >= 15 is 0 Å². The highest BCUT2D eigenvalue weighted by Crippen LogP contribution is 2.15. The highest BCUT2D eigenvalue weighted by Gasteiger charge is 2.06. The number of rotatable bonds is 4. The first-order valence-electron chi connectivity index (χ1n) is 5.61. The topological polar surface area (TPSA) is 80.0 Å². The minimum atomic E-state index is 0.607. The maximum absolute atomic E-state index is 5.37. The first-order valence-corrected chi connectivity index (χ1v) is 5.61. The quantitative estimate of drug-likeness (QED) is 0.619. The third-order valence-electron chi connectivity index (χ3n) is 2.51. The number of nitrogen functional groups attached to an aromatic ring is 1. The molecule has 0 aliphatic rings. The largest absolute Gasteiger partial charge is 0.355 e. The van der Waals surface area contributed by atoms with Crippen LogP contribution in [0, 0.1) is 6.92 Å². The van der Waals surface area contributed by atoms with Crippen LogP contribution < -0.4 is 16.2 Å². The zero-order chi connectivity index (χ0) is 13.0. The van der Waals surface area contributed by atoms with E-state index in [-0.39, 0.29) is 0 Å². The van der Waals surface area contributed by atoms with Gasteiger partial charge in [0, 0.05) is 32.1 Å². The second kappa shape index (κ2) is 5.42. The molecule has 6 nitrogen and oxygen atoms in total. The molecule has 3 N–H and O–H groups in total. The van der Waals surface area contributed by atoms with Crippen LogP contribution >= 0.6 is 0 Å². The Kier molecular flexibility index (Phi) is 3.69. The summed E-state index contributed by atoms with van der Waals surface area (Å²) in [6, 6.07) is 5.75. The lowest BCUT2D eigenvalue weighted by atomic mass is 10.2. The minimum absolute atomic E-state index is 0.607. The molecule has 94 valence electrons. The van der Waals surface area contributed by atoms with Gasteiger partial charge >= 0.3 is 0 Å². The normalized spacial score (nSPS) is 10.2. The van der Waals surface area contributed by atoms with Crippen molar-refractivity contribution in [1.29, 1.82) is 0 Å². The Labute approximate surface area is 106 Å². The van der Waals surface area contributed by atoms with Crippen LogP contribution in [-0.4, -0.2) is 22.0 Å². The molecule has 0 atom stereocenters. The SMILES string of the molecule is Cc1nc(NN)cc(N(C)Cc2cccnc2)n1. The lowest BCUT2D eigenvalue weighted by molar-refractivity contribution is 0.874. The smallest absolute Gasteiger partial charge is 0.145 e. The van der Waals surface area contributed by atoms with Crippen molar-refractivity contribution in [3.05, 3.63) is 42.0 Å². The Hall–Kier alpha value is -2.21. The number of pyridine rings is 1. The van der Waals surface area contributed by atoms with E-state index in [4.69, 9.17) is 5.84 Å². The summed E-state index contributed by atoms with van der Waals surface area (Å²) in [4.78, 5) is 14.6. The van der Waals surface area contributed by atoms with Crippen LogP contribution in [0.1, 0.15) is 11.4 Å². The molecule has 0 spiro atoms. The zero-order valence-corrected chi connectivity index (χ0v) is 10.5. The van der Waals surface area contributed by atoms with Gasteiger partial charge in [0.25, 0.3) is 0 Å². The van der Waals surface area contributed by atoms with E-state index in [0.717, 1.165) is 17.9 Å². The van der Waals surface area contributed by atoms with E-state index in [9.17, 15) is 0 Å². The van der Waals surface area contributed by atoms with Crippen molar-refractivity contribution in [2.75, 3.05) is 17.4 Å². The zero-order valence-electron chi connectivity index (χ0n) is 10.5. The molecule has 0 fully saturated rings. The maximum Gasteiger partial charge on any atom is 0.145 e. The summed E-state index contributed by atoms with van der Waals surface area (Å²) in [6.07, 6.45) is 3.60. The van der Waals surface area contributed by atoms with Crippen molar-refractivity contribution in [2.45, 2.75) is 13.5 Å². The molecular weight excluding hydrogens is 228 g/mol. The van der Waals surface area contributed by atoms with Gasteiger partial charge in [-0.15, -0.1) is 0 Å². The number of nitrogens with zero attached hydrogens (tertiary/aromatic N) is 4. The van der Waals surface area contributed by atoms with Gasteiger partial charge in [0.15, 0.2) is 0 Å². The fourth-order valence-electron chi connectivity index (χ4n) is 1.67. The number of hydrazine groups is 1. The van der Waals surface area contributed by atoms with Gasteiger partial charge in [-0.3, -0.25) is 4.98 Å². The van der Waals surface area contributed by atoms with E-state index in [0.29, 0.717) is 11.6 Å². The van der Waals surface area contributed by atoms with Crippen molar-refractivity contribution >= 4 is 11.6 Å². The second-order valence-corrected chi connectivity index (χ2v) is 4.02. The highest BCUT2D eigenvalue weighted by atomic mass is 15.3. The Balaban J connectivity index is 2.18. The van der Waals surface area contributed by atoms with E-state index in [1.165, 1.54) is 0 Å². The number of aromatic nitrogens is 3. The fourth-order valence-corrected chi connectivity index (χ4v) is 1.67. The number of hydrogen-bond donors (Lipinski definition) is 2. The molecule has 0 radical (unpaired) electrons. The van der Waals surface area contributed by atoms with Gasteiger partial charge in [0.2, 0.25) is 0 Å². The summed E-state index contributed by atoms with van der Waals surface area (Å²) in [6.45, 7) is 2.57. The first kappa shape index (κ1) is 12.3. The summed E-state index contributed by atoms with van der Waals surface area (Å²) < 4.78 is 0. The molecule has 0 aromatic carbocycles. The second-order valence-electron chi connectivity index (χ2n) is 4.02. The van der Waals surface area contributed by atoms with Gasteiger partial charge in [-0.2, -0.15) is 0 Å². The predicted molar refractivity (Wildman–Crippen MR) is 70.9 cm³/mol. The molecule has 0 amide bonds. The molecule has 2 rings (SSSR count). The molecule has 2 aromatic rings. The minimum Gasteiger partial charge on any atom is -0.355 e. The van der Waals surface area contributed by atoms with Crippen molar-refractivity contribution in [2.24, 2.45) is 5.84 Å². The monoisotopic (exact) mass is 244 g/mol. The van der Waals surface area contributed by atoms with Crippen LogP contribution in [0.25, 0.3) is 0 Å². The fraction of sp³-hybridized carbons (Fsp3) is 0.250. The van der Waals surface area contributed by atoms with Crippen LogP contribution in [0.5, 0.6) is 0 Å². The summed E-state index contributed by atoms with van der Waals surface area (Å²) in [5.74, 6) is 7.48. The number of nitrogens with two attached hydrogens (primary N) is 1. The lowest BCUT2D eigenvalue weighted by Crippen LogP contribution is -2.19. The summed E-state index contributed by atoms with van der Waals surface area (Å²) in [7, 11) is 1.97. The standard InChI is InChI=1S/C12H16N6/c1-9-15-11(17-13)6-12(16-9)18(2)8-10-4-3-5-14-7-10/h3-7H,8,13H2,1-2H3,(H,15,16,17). The molecule has 0 saturated heterocycles. The average Bonchev–Trinajstić information content (AvgIpc) is 2.39. The molecule has 0 aliphatic heterocycles. The van der Waals surface area contributed by atoms with Gasteiger partial charge in [-0.1, -0.05) is 6.07 Å². The summed E-state index contributed by atoms with van der Waals surface area (Å²) >= 11 is 0. The van der Waals surface area contributed by atoms with Gasteiger partial charge in [-0.25, -0.2) is 15.8 Å². The van der Waals surface area contributed by atoms with Gasteiger partial charge in [0.05, 0.1) is 0 Å². The van der Waals surface area contributed by atoms with Crippen LogP contribution in [0.3, 0.4) is 0 Å². The van der Waals surface area contributed by atoms with Crippen molar-refractivity contribution < 1.29 is 0 Å². The highest BCUT2D eigenvalue weighted by molar-refractivity contribution is 5.48. The molecule has 0 aliphatic carbocycles. The van der Waals surface area contributed by atoms with Crippen LogP contribution in [0.15, 0.2) is 30.6 Å². The van der Waals surface area contributed by atoms with Gasteiger partial charge in [-0.05, 0) is 18.6 Å². The molecule has 0 unspecified atom stereocenters. The first-order chi connectivity index (χ1) is 8.69. The molecule has 0 bridgehead atoms. The maximum atomic E-state index is 5.37. The summed E-state index contributed by atoms with van der Waals surface area (Å²) in [5, 5.41) is 0. The number of aryl methyl sites for hydroxylation is 1. The Bertz CT molecular complexity index is 513. The summed E-state index contributed by atoms with van der Waals surface area (Å²) in [5.41, 5.74) is 3.66. The molecule has 18 heavy (non-hydrogen) atoms. The molecule has 6 heteroatoms. The Morgan fingerprint density at radius 1 is 1.39 bits per heavy atom. The van der Waals surface area contributed by atoms with Crippen LogP contribution in [0.4, 0.5) is 11.6 Å². The number of hydrogen-bond acceptors (Lipinski definition) is 6. The number of anilines is 2. The molecule has 2 heterocycles. The van der Waals surface area contributed by atoms with Gasteiger partial charge in [0.1, 0.15) is 17.5 Å². The lowest BCUT2D eigenvalue weighted by Gasteiger charge is -2.18. The van der Waals surface area contributed by atoms with Crippen LogP contribution in [0.2, 0.25) is 0 Å². The van der Waals surface area contributed by atoms with Crippen LogP contribution in [-0.2, 0) is 6.54 Å². The third kappa shape index (κ3) is 2.92. The predicted octanol–water partition coefficient (Wildman–Crippen LogP) is 1.10. The number of nitrogens with one attached hydrogen (secondary N) is 1. The Morgan fingerprint density at radius 2 is 2.22 bits per heavy atom. The van der Waals surface area contributed by atoms with E-state index in [2.05, 4.69) is 20.4 Å². The van der Waals surface area contributed by atoms with Gasteiger partial charge < -0.3 is 10.3 Å². The molecular formula is C12H16N6. The van der Waals surface area contributed by atoms with Crippen molar-refractivity contribution in [1.82, 2.24) is 15.0 Å². The van der Waals surface area contributed by atoms with Crippen molar-refractivity contribution in [3.63, 3.8) is 0 Å².